The first-order chi connectivity index (χ1) is 10.6. The van der Waals surface area contributed by atoms with Crippen LogP contribution in [0.4, 0.5) is 4.79 Å². The highest BCUT2D eigenvalue weighted by Crippen LogP contribution is 2.27. The molecule has 1 aromatic rings. The lowest BCUT2D eigenvalue weighted by Gasteiger charge is -2.28. The summed E-state index contributed by atoms with van der Waals surface area (Å²) >= 11 is 1.74. The summed E-state index contributed by atoms with van der Waals surface area (Å²) in [5.41, 5.74) is 0. The molecule has 0 unspecified atom stereocenters. The van der Waals surface area contributed by atoms with Gasteiger partial charge in [0.2, 0.25) is 0 Å². The number of likely N-dealkylation sites (tertiary alicyclic amines) is 1. The molecule has 0 spiro atoms. The predicted octanol–water partition coefficient (Wildman–Crippen LogP) is 2.69. The van der Waals surface area contributed by atoms with E-state index in [9.17, 15) is 4.79 Å². The first-order valence-electron chi connectivity index (χ1n) is 7.78. The molecule has 2 amide bonds. The lowest BCUT2D eigenvalue weighted by molar-refractivity contribution is 0.195. The molecular formula is C16H24N4OS. The van der Waals surface area contributed by atoms with E-state index in [2.05, 4.69) is 33.8 Å². The third-order valence-corrected chi connectivity index (χ3v) is 4.99. The smallest absolute Gasteiger partial charge is 0.317 e. The van der Waals surface area contributed by atoms with Crippen LogP contribution in [0.2, 0.25) is 0 Å². The number of nitrogens with one attached hydrogen (secondary N) is 1. The Morgan fingerprint density at radius 1 is 1.55 bits per heavy atom. The zero-order valence-corrected chi connectivity index (χ0v) is 14.1. The maximum atomic E-state index is 12.2. The molecular weight excluding hydrogens is 296 g/mol. The first kappa shape index (κ1) is 16.8. The SMILES string of the molecule is C[C@H](C#N)CN(C)C(=O)NC[C@@H](c1cccs1)N1CCCC1. The van der Waals surface area contributed by atoms with E-state index in [0.717, 1.165) is 13.1 Å². The summed E-state index contributed by atoms with van der Waals surface area (Å²) in [5, 5.41) is 13.9. The number of hydrogen-bond donors (Lipinski definition) is 1. The van der Waals surface area contributed by atoms with Gasteiger partial charge in [0, 0.05) is 25.0 Å². The molecule has 0 saturated carbocycles. The van der Waals surface area contributed by atoms with Crippen LogP contribution in [0, 0.1) is 17.2 Å². The van der Waals surface area contributed by atoms with Gasteiger partial charge in [0.05, 0.1) is 18.0 Å². The first-order valence-corrected chi connectivity index (χ1v) is 8.66. The quantitative estimate of drug-likeness (QED) is 0.876. The number of rotatable bonds is 6. The summed E-state index contributed by atoms with van der Waals surface area (Å²) in [7, 11) is 1.74. The van der Waals surface area contributed by atoms with Crippen molar-refractivity contribution in [2.75, 3.05) is 33.2 Å². The van der Waals surface area contributed by atoms with Crippen LogP contribution in [0.3, 0.4) is 0 Å². The molecule has 1 saturated heterocycles. The minimum atomic E-state index is -0.151. The minimum absolute atomic E-state index is 0.108. The molecule has 2 heterocycles. The van der Waals surface area contributed by atoms with Gasteiger partial charge in [-0.25, -0.2) is 4.79 Å². The summed E-state index contributed by atoms with van der Waals surface area (Å²) in [5.74, 6) is -0.151. The van der Waals surface area contributed by atoms with E-state index in [0.29, 0.717) is 13.1 Å². The van der Waals surface area contributed by atoms with Gasteiger partial charge in [-0.05, 0) is 44.3 Å². The maximum absolute atomic E-state index is 12.2. The molecule has 1 aromatic heterocycles. The van der Waals surface area contributed by atoms with E-state index < -0.39 is 0 Å². The summed E-state index contributed by atoms with van der Waals surface area (Å²) in [6.45, 7) is 5.09. The predicted molar refractivity (Wildman–Crippen MR) is 88.7 cm³/mol. The van der Waals surface area contributed by atoms with Crippen LogP contribution in [0.5, 0.6) is 0 Å². The third kappa shape index (κ3) is 4.46. The van der Waals surface area contributed by atoms with E-state index in [4.69, 9.17) is 5.26 Å². The molecule has 5 nitrogen and oxygen atoms in total. The zero-order chi connectivity index (χ0) is 15.9. The number of carbonyl (C=O) groups excluding carboxylic acids is 1. The second kappa shape index (κ2) is 8.16. The average molecular weight is 320 g/mol. The van der Waals surface area contributed by atoms with Gasteiger partial charge in [-0.15, -0.1) is 11.3 Å². The molecule has 0 aromatic carbocycles. The Hall–Kier alpha value is -1.58. The zero-order valence-electron chi connectivity index (χ0n) is 13.3. The molecule has 2 atom stereocenters. The molecule has 2 rings (SSSR count). The molecule has 1 fully saturated rings. The normalized spacial score (nSPS) is 17.7. The highest BCUT2D eigenvalue weighted by atomic mass is 32.1. The van der Waals surface area contributed by atoms with Crippen molar-refractivity contribution in [1.29, 1.82) is 5.26 Å². The summed E-state index contributed by atoms with van der Waals surface area (Å²) in [6.07, 6.45) is 2.46. The van der Waals surface area contributed by atoms with Crippen molar-refractivity contribution in [3.8, 4) is 6.07 Å². The number of amides is 2. The number of nitrogens with zero attached hydrogens (tertiary/aromatic N) is 3. The second-order valence-corrected chi connectivity index (χ2v) is 6.85. The van der Waals surface area contributed by atoms with E-state index >= 15 is 0 Å². The summed E-state index contributed by atoms with van der Waals surface area (Å²) in [4.78, 5) is 17.5. The molecule has 1 aliphatic heterocycles. The molecule has 0 aliphatic carbocycles. The number of thiophene rings is 1. The van der Waals surface area contributed by atoms with E-state index in [1.807, 2.05) is 6.92 Å². The minimum Gasteiger partial charge on any atom is -0.336 e. The van der Waals surface area contributed by atoms with Crippen molar-refractivity contribution >= 4 is 17.4 Å². The van der Waals surface area contributed by atoms with Gasteiger partial charge in [0.15, 0.2) is 0 Å². The van der Waals surface area contributed by atoms with Gasteiger partial charge in [-0.2, -0.15) is 5.26 Å². The Kier molecular flexibility index (Phi) is 6.22. The molecule has 22 heavy (non-hydrogen) atoms. The van der Waals surface area contributed by atoms with Gasteiger partial charge in [-0.1, -0.05) is 6.07 Å². The molecule has 6 heteroatoms. The van der Waals surface area contributed by atoms with Crippen LogP contribution in [-0.4, -0.2) is 49.1 Å². The third-order valence-electron chi connectivity index (χ3n) is 4.01. The fourth-order valence-electron chi connectivity index (χ4n) is 2.80. The van der Waals surface area contributed by atoms with Crippen molar-refractivity contribution in [1.82, 2.24) is 15.1 Å². The number of carbonyl (C=O) groups is 1. The van der Waals surface area contributed by atoms with Crippen molar-refractivity contribution in [2.24, 2.45) is 5.92 Å². The maximum Gasteiger partial charge on any atom is 0.317 e. The Morgan fingerprint density at radius 2 is 2.27 bits per heavy atom. The van der Waals surface area contributed by atoms with E-state index in [1.165, 1.54) is 17.7 Å². The highest BCUT2D eigenvalue weighted by Gasteiger charge is 2.25. The molecule has 120 valence electrons. The lowest BCUT2D eigenvalue weighted by Crippen LogP contribution is -2.43. The van der Waals surface area contributed by atoms with Crippen LogP contribution in [0.15, 0.2) is 17.5 Å². The van der Waals surface area contributed by atoms with Crippen molar-refractivity contribution in [3.05, 3.63) is 22.4 Å². The Balaban J connectivity index is 1.91. The fraction of sp³-hybridized carbons (Fsp3) is 0.625. The molecule has 0 radical (unpaired) electrons. The van der Waals surface area contributed by atoms with Crippen molar-refractivity contribution in [3.63, 3.8) is 0 Å². The van der Waals surface area contributed by atoms with E-state index in [-0.39, 0.29) is 18.0 Å². The standard InChI is InChI=1S/C16H24N4OS/c1-13(10-17)12-19(2)16(21)18-11-14(15-6-5-9-22-15)20-7-3-4-8-20/h5-6,9,13-14H,3-4,7-8,11-12H2,1-2H3,(H,18,21)/t13-,14+/m1/s1. The topological polar surface area (TPSA) is 59.4 Å². The van der Waals surface area contributed by atoms with E-state index in [1.54, 1.807) is 23.3 Å². The van der Waals surface area contributed by atoms with Crippen LogP contribution in [-0.2, 0) is 0 Å². The fourth-order valence-corrected chi connectivity index (χ4v) is 3.66. The average Bonchev–Trinajstić information content (AvgIpc) is 3.20. The second-order valence-electron chi connectivity index (χ2n) is 5.87. The highest BCUT2D eigenvalue weighted by molar-refractivity contribution is 7.10. The van der Waals surface area contributed by atoms with Gasteiger partial charge in [0.25, 0.3) is 0 Å². The Bertz CT molecular complexity index is 505. The molecule has 0 bridgehead atoms. The van der Waals surface area contributed by atoms with Gasteiger partial charge in [-0.3, -0.25) is 4.90 Å². The van der Waals surface area contributed by atoms with Gasteiger partial charge >= 0.3 is 6.03 Å². The lowest BCUT2D eigenvalue weighted by atomic mass is 10.2. The van der Waals surface area contributed by atoms with Crippen LogP contribution in [0.1, 0.15) is 30.7 Å². The Morgan fingerprint density at radius 3 is 2.86 bits per heavy atom. The van der Waals surface area contributed by atoms with Crippen LogP contribution in [0.25, 0.3) is 0 Å². The summed E-state index contributed by atoms with van der Waals surface area (Å²) in [6, 6.07) is 6.50. The largest absolute Gasteiger partial charge is 0.336 e. The molecule has 1 aliphatic rings. The Labute approximate surface area is 136 Å². The van der Waals surface area contributed by atoms with Crippen molar-refractivity contribution in [2.45, 2.75) is 25.8 Å². The number of urea groups is 1. The van der Waals surface area contributed by atoms with Gasteiger partial charge in [0.1, 0.15) is 0 Å². The van der Waals surface area contributed by atoms with Gasteiger partial charge < -0.3 is 10.2 Å². The summed E-state index contributed by atoms with van der Waals surface area (Å²) < 4.78 is 0. The van der Waals surface area contributed by atoms with Crippen molar-refractivity contribution < 1.29 is 4.79 Å². The van der Waals surface area contributed by atoms with Crippen LogP contribution >= 0.6 is 11.3 Å². The monoisotopic (exact) mass is 320 g/mol. The molecule has 1 N–H and O–H groups in total. The number of nitriles is 1. The number of hydrogen-bond acceptors (Lipinski definition) is 4. The van der Waals surface area contributed by atoms with Crippen LogP contribution < -0.4 is 5.32 Å².